The van der Waals surface area contributed by atoms with Gasteiger partial charge in [0.2, 0.25) is 0 Å². The van der Waals surface area contributed by atoms with Gasteiger partial charge in [-0.3, -0.25) is 18.6 Å². The van der Waals surface area contributed by atoms with Gasteiger partial charge in [0.05, 0.1) is 6.61 Å². The molecule has 0 aromatic rings. The van der Waals surface area contributed by atoms with Gasteiger partial charge in [0.1, 0.15) is 43.2 Å². The lowest BCUT2D eigenvalue weighted by Crippen LogP contribution is -2.64. The highest BCUT2D eigenvalue weighted by Crippen LogP contribution is 2.47. The zero-order chi connectivity index (χ0) is 46.4. The standard InChI is InChI=1S/C49H85O13P/c1-3-5-7-9-11-13-15-17-19-20-21-22-24-25-27-29-31-33-35-37-42(50)59-39-41(40-60-63(57,58)62-49-47(55)45(53)44(52)46(54)48(49)56)61-43(51)38-36-34-32-30-28-26-23-18-16-14-12-10-8-6-4-2/h11,13,17-19,21-23,25,27,41,44-49,52-56H,3-10,12,14-16,20,24,26,28-40H2,1-2H3,(H,57,58)/b13-11+,19-17+,22-21+,23-18+,27-25+/t41-,44?,45-,46?,47?,48?,49?/m0/s1. The first kappa shape index (κ1) is 58.6. The van der Waals surface area contributed by atoms with E-state index in [1.165, 1.54) is 57.8 Å². The van der Waals surface area contributed by atoms with Gasteiger partial charge in [-0.1, -0.05) is 145 Å². The van der Waals surface area contributed by atoms with Gasteiger partial charge in [-0.05, 0) is 83.5 Å². The number of carbonyl (C=O) groups is 2. The predicted octanol–water partition coefficient (Wildman–Crippen LogP) is 9.73. The third-order valence-corrected chi connectivity index (χ3v) is 11.8. The number of ether oxygens (including phenoxy) is 2. The number of unbranched alkanes of at least 4 members (excludes halogenated alkanes) is 17. The number of hydrogen-bond donors (Lipinski definition) is 6. The van der Waals surface area contributed by atoms with E-state index in [0.29, 0.717) is 12.8 Å². The van der Waals surface area contributed by atoms with Crippen LogP contribution in [-0.2, 0) is 32.7 Å². The van der Waals surface area contributed by atoms with E-state index < -0.39 is 75.7 Å². The van der Waals surface area contributed by atoms with E-state index >= 15 is 0 Å². The van der Waals surface area contributed by atoms with Crippen LogP contribution in [-0.4, -0.2) is 98.3 Å². The van der Waals surface area contributed by atoms with Gasteiger partial charge in [-0.25, -0.2) is 4.57 Å². The molecule has 0 aliphatic heterocycles. The Kier molecular flexibility index (Phi) is 36.1. The summed E-state index contributed by atoms with van der Waals surface area (Å²) in [6.45, 7) is 3.23. The molecule has 1 rings (SSSR count). The molecule has 0 saturated heterocycles. The SMILES string of the molecule is CCCCC/C=C/C/C=C/C/C=C/C/C=C/CCCCCC(=O)OC[C@@H](COP(=O)(O)OC1C(O)C(O)C(O)[C@H](O)C1O)OC(=O)CCCCCCC/C=C/CCCCCCCC. The first-order chi connectivity index (χ1) is 30.4. The average molecular weight is 913 g/mol. The molecule has 14 heteroatoms. The number of carbonyl (C=O) groups excluding carboxylic acids is 2. The molecule has 0 amide bonds. The summed E-state index contributed by atoms with van der Waals surface area (Å²) in [5, 5.41) is 50.2. The predicted molar refractivity (Wildman–Crippen MR) is 249 cm³/mol. The van der Waals surface area contributed by atoms with E-state index in [2.05, 4.69) is 74.6 Å². The smallest absolute Gasteiger partial charge is 0.462 e. The Morgan fingerprint density at radius 2 is 0.857 bits per heavy atom. The Morgan fingerprint density at radius 1 is 0.492 bits per heavy atom. The van der Waals surface area contributed by atoms with E-state index in [9.17, 15) is 44.6 Å². The molecular formula is C49H85O13P. The van der Waals surface area contributed by atoms with Gasteiger partial charge in [-0.15, -0.1) is 0 Å². The van der Waals surface area contributed by atoms with E-state index in [0.717, 1.165) is 83.5 Å². The maximum absolute atomic E-state index is 12.8. The Bertz CT molecular complexity index is 1330. The molecule has 1 fully saturated rings. The van der Waals surface area contributed by atoms with E-state index in [1.807, 2.05) is 0 Å². The fraction of sp³-hybridized carbons (Fsp3) is 0.755. The molecular weight excluding hydrogens is 827 g/mol. The molecule has 0 heterocycles. The third-order valence-electron chi connectivity index (χ3n) is 10.8. The van der Waals surface area contributed by atoms with Gasteiger partial charge in [-0.2, -0.15) is 0 Å². The second-order valence-corrected chi connectivity index (χ2v) is 18.0. The highest BCUT2D eigenvalue weighted by molar-refractivity contribution is 7.47. The molecule has 364 valence electrons. The van der Waals surface area contributed by atoms with Gasteiger partial charge in [0.25, 0.3) is 0 Å². The van der Waals surface area contributed by atoms with Crippen molar-refractivity contribution in [2.45, 2.75) is 224 Å². The van der Waals surface area contributed by atoms with Crippen LogP contribution in [0.25, 0.3) is 0 Å². The number of esters is 2. The normalized spacial score (nSPS) is 22.2. The van der Waals surface area contributed by atoms with Crippen LogP contribution < -0.4 is 0 Å². The van der Waals surface area contributed by atoms with Crippen LogP contribution in [0, 0.1) is 0 Å². The maximum Gasteiger partial charge on any atom is 0.472 e. The number of aliphatic hydroxyl groups is 5. The molecule has 6 N–H and O–H groups in total. The molecule has 0 spiro atoms. The summed E-state index contributed by atoms with van der Waals surface area (Å²) < 4.78 is 33.5. The largest absolute Gasteiger partial charge is 0.472 e. The van der Waals surface area contributed by atoms with Crippen molar-refractivity contribution in [1.82, 2.24) is 0 Å². The van der Waals surface area contributed by atoms with E-state index in [4.69, 9.17) is 18.5 Å². The second kappa shape index (κ2) is 38.8. The highest BCUT2D eigenvalue weighted by Gasteiger charge is 2.51. The van der Waals surface area contributed by atoms with Crippen LogP contribution in [0.2, 0.25) is 0 Å². The van der Waals surface area contributed by atoms with Crippen molar-refractivity contribution in [2.24, 2.45) is 0 Å². The fourth-order valence-corrected chi connectivity index (χ4v) is 7.88. The summed E-state index contributed by atoms with van der Waals surface area (Å²) >= 11 is 0. The highest BCUT2D eigenvalue weighted by atomic mass is 31.2. The monoisotopic (exact) mass is 913 g/mol. The van der Waals surface area contributed by atoms with Gasteiger partial charge < -0.3 is 39.9 Å². The zero-order valence-electron chi connectivity index (χ0n) is 38.6. The van der Waals surface area contributed by atoms with Crippen molar-refractivity contribution < 1.29 is 63.1 Å². The number of allylic oxidation sites excluding steroid dienone is 10. The molecule has 1 saturated carbocycles. The Morgan fingerprint density at radius 3 is 1.37 bits per heavy atom. The van der Waals surface area contributed by atoms with Crippen molar-refractivity contribution in [2.75, 3.05) is 13.2 Å². The van der Waals surface area contributed by atoms with Crippen LogP contribution >= 0.6 is 7.82 Å². The molecule has 0 radical (unpaired) electrons. The topological polar surface area (TPSA) is 210 Å². The summed E-state index contributed by atoms with van der Waals surface area (Å²) in [5.41, 5.74) is 0. The minimum absolute atomic E-state index is 0.0773. The summed E-state index contributed by atoms with van der Waals surface area (Å²) in [6.07, 6.45) is 34.1. The van der Waals surface area contributed by atoms with Crippen molar-refractivity contribution in [3.05, 3.63) is 60.8 Å². The summed E-state index contributed by atoms with van der Waals surface area (Å²) in [5.74, 6) is -1.15. The van der Waals surface area contributed by atoms with Crippen LogP contribution in [0.3, 0.4) is 0 Å². The Balaban J connectivity index is 2.47. The minimum atomic E-state index is -5.13. The summed E-state index contributed by atoms with van der Waals surface area (Å²) in [6, 6.07) is 0. The lowest BCUT2D eigenvalue weighted by atomic mass is 9.85. The Labute approximate surface area is 379 Å². The molecule has 0 bridgehead atoms. The first-order valence-electron chi connectivity index (χ1n) is 24.1. The second-order valence-electron chi connectivity index (χ2n) is 16.6. The van der Waals surface area contributed by atoms with Crippen molar-refractivity contribution in [3.8, 4) is 0 Å². The number of aliphatic hydroxyl groups excluding tert-OH is 5. The lowest BCUT2D eigenvalue weighted by molar-refractivity contribution is -0.220. The van der Waals surface area contributed by atoms with Crippen LogP contribution in [0.1, 0.15) is 181 Å². The molecule has 1 aliphatic rings. The van der Waals surface area contributed by atoms with Gasteiger partial charge in [0, 0.05) is 12.8 Å². The van der Waals surface area contributed by atoms with E-state index in [-0.39, 0.29) is 12.8 Å². The molecule has 63 heavy (non-hydrogen) atoms. The van der Waals surface area contributed by atoms with Crippen molar-refractivity contribution in [3.63, 3.8) is 0 Å². The molecule has 8 atom stereocenters. The number of phosphoric acid groups is 1. The summed E-state index contributed by atoms with van der Waals surface area (Å²) in [4.78, 5) is 35.7. The maximum atomic E-state index is 12.8. The van der Waals surface area contributed by atoms with Crippen molar-refractivity contribution in [1.29, 1.82) is 0 Å². The summed E-state index contributed by atoms with van der Waals surface area (Å²) in [7, 11) is -5.13. The first-order valence-corrected chi connectivity index (χ1v) is 25.6. The average Bonchev–Trinajstić information content (AvgIpc) is 3.26. The van der Waals surface area contributed by atoms with Crippen LogP contribution in [0.4, 0.5) is 0 Å². The van der Waals surface area contributed by atoms with Crippen LogP contribution in [0.5, 0.6) is 0 Å². The van der Waals surface area contributed by atoms with Crippen molar-refractivity contribution >= 4 is 19.8 Å². The minimum Gasteiger partial charge on any atom is -0.462 e. The van der Waals surface area contributed by atoms with Gasteiger partial charge in [0.15, 0.2) is 6.10 Å². The molecule has 0 aromatic carbocycles. The molecule has 1 aliphatic carbocycles. The molecule has 0 aromatic heterocycles. The van der Waals surface area contributed by atoms with Crippen LogP contribution in [0.15, 0.2) is 60.8 Å². The molecule has 13 nitrogen and oxygen atoms in total. The fourth-order valence-electron chi connectivity index (χ4n) is 6.91. The quantitative estimate of drug-likeness (QED) is 0.0147. The van der Waals surface area contributed by atoms with Gasteiger partial charge >= 0.3 is 19.8 Å². The zero-order valence-corrected chi connectivity index (χ0v) is 39.5. The molecule has 6 unspecified atom stereocenters. The third kappa shape index (κ3) is 31.2. The lowest BCUT2D eigenvalue weighted by Gasteiger charge is -2.41. The number of hydrogen-bond acceptors (Lipinski definition) is 12. The van der Waals surface area contributed by atoms with E-state index in [1.54, 1.807) is 0 Å². The Hall–Kier alpha value is -2.45. The number of phosphoric ester groups is 1. The number of rotatable bonds is 39.